The van der Waals surface area contributed by atoms with Crippen molar-refractivity contribution in [1.82, 2.24) is 15.5 Å². The molecule has 1 aromatic heterocycles. The topological polar surface area (TPSA) is 82.2 Å². The van der Waals surface area contributed by atoms with E-state index in [-0.39, 0.29) is 12.2 Å². The molecule has 138 valence electrons. The first-order chi connectivity index (χ1) is 12.6. The molecule has 1 aliphatic heterocycles. The molecule has 3 N–H and O–H groups in total. The van der Waals surface area contributed by atoms with Crippen LogP contribution < -0.4 is 20.9 Å². The molecule has 1 aromatic carbocycles. The lowest BCUT2D eigenvalue weighted by Gasteiger charge is -2.17. The van der Waals surface area contributed by atoms with Gasteiger partial charge in [0.15, 0.2) is 5.82 Å². The maximum absolute atomic E-state index is 13.5. The van der Waals surface area contributed by atoms with Gasteiger partial charge in [0.25, 0.3) is 0 Å². The molecule has 1 fully saturated rings. The van der Waals surface area contributed by atoms with E-state index in [1.807, 2.05) is 6.07 Å². The van der Waals surface area contributed by atoms with Crippen LogP contribution in [0.2, 0.25) is 0 Å². The number of rotatable bonds is 6. The number of anilines is 3. The van der Waals surface area contributed by atoms with E-state index in [1.165, 1.54) is 12.8 Å². The van der Waals surface area contributed by atoms with Crippen LogP contribution in [0.3, 0.4) is 0 Å². The van der Waals surface area contributed by atoms with Crippen molar-refractivity contribution in [2.45, 2.75) is 12.8 Å². The third-order valence-corrected chi connectivity index (χ3v) is 4.00. The fraction of sp³-hybridized carbons (Fsp3) is 0.353. The van der Waals surface area contributed by atoms with Crippen molar-refractivity contribution in [3.8, 4) is 0 Å². The monoisotopic (exact) mass is 362 g/mol. The number of halogens is 2. The Balaban J connectivity index is 1.43. The van der Waals surface area contributed by atoms with Crippen molar-refractivity contribution in [3.63, 3.8) is 0 Å². The van der Waals surface area contributed by atoms with Crippen LogP contribution in [0, 0.1) is 11.6 Å². The largest absolute Gasteiger partial charge is 0.370 e. The summed E-state index contributed by atoms with van der Waals surface area (Å²) in [6.45, 7) is 2.72. The second-order valence-electron chi connectivity index (χ2n) is 5.93. The summed E-state index contributed by atoms with van der Waals surface area (Å²) in [6.07, 6.45) is 4.09. The molecule has 9 heteroatoms. The molecule has 7 nitrogen and oxygen atoms in total. The van der Waals surface area contributed by atoms with Crippen molar-refractivity contribution in [2.75, 3.05) is 41.7 Å². The number of hydrogen-bond donors (Lipinski definition) is 3. The molecular weight excluding hydrogens is 342 g/mol. The third-order valence-electron chi connectivity index (χ3n) is 4.00. The Kier molecular flexibility index (Phi) is 5.77. The first-order valence-corrected chi connectivity index (χ1v) is 8.43. The molecule has 0 spiro atoms. The Labute approximate surface area is 149 Å². The van der Waals surface area contributed by atoms with Crippen LogP contribution in [0.15, 0.2) is 30.5 Å². The van der Waals surface area contributed by atoms with Gasteiger partial charge in [-0.15, -0.1) is 5.10 Å². The maximum atomic E-state index is 13.5. The van der Waals surface area contributed by atoms with Crippen molar-refractivity contribution in [1.29, 1.82) is 0 Å². The Morgan fingerprint density at radius 2 is 1.96 bits per heavy atom. The normalized spacial score (nSPS) is 13.5. The maximum Gasteiger partial charge on any atom is 0.319 e. The summed E-state index contributed by atoms with van der Waals surface area (Å²) in [4.78, 5) is 14.0. The molecule has 0 radical (unpaired) electrons. The zero-order valence-electron chi connectivity index (χ0n) is 14.1. The smallest absolute Gasteiger partial charge is 0.319 e. The van der Waals surface area contributed by atoms with Crippen LogP contribution in [0.1, 0.15) is 12.8 Å². The Hall–Kier alpha value is -2.97. The van der Waals surface area contributed by atoms with Gasteiger partial charge in [0.1, 0.15) is 11.6 Å². The number of benzene rings is 1. The zero-order chi connectivity index (χ0) is 18.4. The van der Waals surface area contributed by atoms with E-state index in [0.717, 1.165) is 37.0 Å². The van der Waals surface area contributed by atoms with Crippen molar-refractivity contribution < 1.29 is 13.6 Å². The van der Waals surface area contributed by atoms with Gasteiger partial charge in [-0.25, -0.2) is 13.6 Å². The molecule has 3 rings (SSSR count). The minimum atomic E-state index is -0.700. The highest BCUT2D eigenvalue weighted by Gasteiger charge is 2.13. The van der Waals surface area contributed by atoms with Crippen LogP contribution in [0.25, 0.3) is 0 Å². The minimum Gasteiger partial charge on any atom is -0.370 e. The highest BCUT2D eigenvalue weighted by Crippen LogP contribution is 2.20. The van der Waals surface area contributed by atoms with E-state index in [0.29, 0.717) is 12.4 Å². The summed E-state index contributed by atoms with van der Waals surface area (Å²) in [6, 6.07) is 4.17. The molecule has 0 atom stereocenters. The van der Waals surface area contributed by atoms with Crippen LogP contribution in [-0.2, 0) is 0 Å². The highest BCUT2D eigenvalue weighted by molar-refractivity contribution is 5.89. The predicted molar refractivity (Wildman–Crippen MR) is 95.3 cm³/mol. The first kappa shape index (κ1) is 17.8. The van der Waals surface area contributed by atoms with Gasteiger partial charge in [0.2, 0.25) is 0 Å². The van der Waals surface area contributed by atoms with Crippen molar-refractivity contribution in [3.05, 3.63) is 42.1 Å². The lowest BCUT2D eigenvalue weighted by molar-refractivity contribution is 0.252. The molecule has 2 aromatic rings. The van der Waals surface area contributed by atoms with E-state index in [4.69, 9.17) is 0 Å². The first-order valence-electron chi connectivity index (χ1n) is 8.43. The van der Waals surface area contributed by atoms with Gasteiger partial charge >= 0.3 is 6.03 Å². The van der Waals surface area contributed by atoms with E-state index >= 15 is 0 Å². The number of amides is 2. The average molecular weight is 362 g/mol. The second-order valence-corrected chi connectivity index (χ2v) is 5.93. The molecule has 1 saturated heterocycles. The number of urea groups is 1. The Bertz CT molecular complexity index is 767. The fourth-order valence-corrected chi connectivity index (χ4v) is 2.72. The van der Waals surface area contributed by atoms with Crippen LogP contribution in [0.5, 0.6) is 0 Å². The lowest BCUT2D eigenvalue weighted by Crippen LogP contribution is -2.33. The van der Waals surface area contributed by atoms with Gasteiger partial charge in [0.05, 0.1) is 17.6 Å². The predicted octanol–water partition coefficient (Wildman–Crippen LogP) is 2.59. The fourth-order valence-electron chi connectivity index (χ4n) is 2.72. The van der Waals surface area contributed by atoms with Gasteiger partial charge in [-0.05, 0) is 25.0 Å². The van der Waals surface area contributed by atoms with Crippen molar-refractivity contribution in [2.24, 2.45) is 0 Å². The van der Waals surface area contributed by atoms with E-state index in [1.54, 1.807) is 6.20 Å². The molecular formula is C17H20F2N6O. The molecule has 26 heavy (non-hydrogen) atoms. The number of nitrogens with one attached hydrogen (secondary N) is 3. The molecule has 2 heterocycles. The summed E-state index contributed by atoms with van der Waals surface area (Å²) in [5, 5.41) is 15.9. The summed E-state index contributed by atoms with van der Waals surface area (Å²) in [5.74, 6) is -0.707. The summed E-state index contributed by atoms with van der Waals surface area (Å²) < 4.78 is 26.5. The Morgan fingerprint density at radius 1 is 1.15 bits per heavy atom. The number of hydrogen-bond acceptors (Lipinski definition) is 5. The summed E-state index contributed by atoms with van der Waals surface area (Å²) >= 11 is 0. The van der Waals surface area contributed by atoms with Gasteiger partial charge in [-0.2, -0.15) is 5.10 Å². The zero-order valence-corrected chi connectivity index (χ0v) is 14.1. The molecule has 0 saturated carbocycles. The van der Waals surface area contributed by atoms with Crippen LogP contribution >= 0.6 is 0 Å². The highest BCUT2D eigenvalue weighted by atomic mass is 19.1. The summed E-state index contributed by atoms with van der Waals surface area (Å²) in [5.41, 5.74) is 0.812. The molecule has 1 aliphatic rings. The molecule has 0 bridgehead atoms. The number of carbonyl (C=O) groups is 1. The van der Waals surface area contributed by atoms with Gasteiger partial charge in [-0.1, -0.05) is 0 Å². The number of nitrogens with zero attached hydrogens (tertiary/aromatic N) is 3. The van der Waals surface area contributed by atoms with Crippen LogP contribution in [0.4, 0.5) is 30.8 Å². The van der Waals surface area contributed by atoms with Crippen molar-refractivity contribution >= 4 is 23.2 Å². The average Bonchev–Trinajstić information content (AvgIpc) is 3.17. The van der Waals surface area contributed by atoms with E-state index < -0.39 is 17.7 Å². The Morgan fingerprint density at radius 3 is 2.77 bits per heavy atom. The number of aromatic nitrogens is 2. The molecule has 0 aliphatic carbocycles. The van der Waals surface area contributed by atoms with Gasteiger partial charge in [0, 0.05) is 38.3 Å². The minimum absolute atomic E-state index is 0.209. The quantitative estimate of drug-likeness (QED) is 0.688. The second kappa shape index (κ2) is 8.41. The van der Waals surface area contributed by atoms with Crippen LogP contribution in [-0.4, -0.2) is 42.4 Å². The SMILES string of the molecule is O=C(NCCNc1cc(N2CCCC2)cnn1)Nc1cc(F)ccc1F. The molecule has 2 amide bonds. The van der Waals surface area contributed by atoms with Gasteiger partial charge < -0.3 is 20.9 Å². The molecule has 0 unspecified atom stereocenters. The van der Waals surface area contributed by atoms with E-state index in [2.05, 4.69) is 31.0 Å². The standard InChI is InChI=1S/C17H20F2N6O/c18-12-3-4-14(19)15(9-12)23-17(26)21-6-5-20-16-10-13(11-22-24-16)25-7-1-2-8-25/h3-4,9-11H,1-2,5-8H2,(H,20,24)(H2,21,23,26). The van der Waals surface area contributed by atoms with Gasteiger partial charge in [-0.3, -0.25) is 0 Å². The lowest BCUT2D eigenvalue weighted by atomic mass is 10.3. The van der Waals surface area contributed by atoms with E-state index in [9.17, 15) is 13.6 Å². The number of carbonyl (C=O) groups excluding carboxylic acids is 1. The third kappa shape index (κ3) is 4.78. The summed E-state index contributed by atoms with van der Waals surface area (Å²) in [7, 11) is 0.